The van der Waals surface area contributed by atoms with Crippen LogP contribution >= 0.6 is 0 Å². The molecule has 0 aromatic carbocycles. The third-order valence-corrected chi connectivity index (χ3v) is 1.13. The van der Waals surface area contributed by atoms with Crippen LogP contribution in [-0.4, -0.2) is 22.5 Å². The number of rotatable bonds is 0. The molecule has 1 heterocycles. The van der Waals surface area contributed by atoms with Crippen molar-refractivity contribution in [2.75, 3.05) is 0 Å². The Labute approximate surface area is 47.6 Å². The molecule has 0 saturated heterocycles. The zero-order valence-electron chi connectivity index (χ0n) is 4.41. The van der Waals surface area contributed by atoms with E-state index in [0.717, 1.165) is 0 Å². The van der Waals surface area contributed by atoms with Crippen LogP contribution in [0.5, 0.6) is 0 Å². The molecule has 3 heteroatoms. The summed E-state index contributed by atoms with van der Waals surface area (Å²) in [6.07, 6.45) is 2.53. The van der Waals surface area contributed by atoms with Crippen molar-refractivity contribution >= 4 is 0 Å². The third kappa shape index (κ3) is 0.993. The molecule has 0 spiro atoms. The maximum Gasteiger partial charge on any atom is 0.150 e. The lowest BCUT2D eigenvalue weighted by molar-refractivity contribution is 0.00370. The Kier molecular flexibility index (Phi) is 1.50. The minimum Gasteiger partial charge on any atom is -0.388 e. The Morgan fingerprint density at radius 2 is 2.25 bits per heavy atom. The number of aliphatic hydroxyl groups is 2. The Morgan fingerprint density at radius 3 is 2.62 bits per heavy atom. The molecule has 0 aromatic rings. The molecule has 0 saturated carbocycles. The van der Waals surface area contributed by atoms with Crippen molar-refractivity contribution in [2.24, 2.45) is 0 Å². The molecule has 8 heavy (non-hydrogen) atoms. The zero-order chi connectivity index (χ0) is 5.98. The van der Waals surface area contributed by atoms with Gasteiger partial charge in [-0.25, -0.2) is 0 Å². The molecule has 0 amide bonds. The van der Waals surface area contributed by atoms with Crippen molar-refractivity contribution in [3.8, 4) is 0 Å². The molecule has 0 radical (unpaired) electrons. The van der Waals surface area contributed by atoms with Crippen LogP contribution in [0.2, 0.25) is 0 Å². The molecular formula is C5H9NO2. The lowest BCUT2D eigenvalue weighted by Crippen LogP contribution is -2.38. The lowest BCUT2D eigenvalue weighted by Gasteiger charge is -2.19. The highest BCUT2D eigenvalue weighted by Crippen LogP contribution is 2.01. The fourth-order valence-corrected chi connectivity index (χ4v) is 0.614. The van der Waals surface area contributed by atoms with Gasteiger partial charge in [0.2, 0.25) is 0 Å². The predicted octanol–water partition coefficient (Wildman–Crippen LogP) is -0.827. The van der Waals surface area contributed by atoms with Gasteiger partial charge < -0.3 is 15.5 Å². The van der Waals surface area contributed by atoms with Gasteiger partial charge in [0.15, 0.2) is 6.23 Å². The molecule has 0 aromatic heterocycles. The van der Waals surface area contributed by atoms with Gasteiger partial charge in [0.05, 0.1) is 0 Å². The number of aliphatic hydroxyl groups excluding tert-OH is 2. The van der Waals surface area contributed by atoms with Crippen molar-refractivity contribution in [2.45, 2.75) is 18.8 Å². The average molecular weight is 115 g/mol. The van der Waals surface area contributed by atoms with Gasteiger partial charge in [-0.15, -0.1) is 0 Å². The number of hydrogen-bond donors (Lipinski definition) is 3. The molecule has 1 aliphatic heterocycles. The molecule has 0 fully saturated rings. The van der Waals surface area contributed by atoms with E-state index in [1.54, 1.807) is 12.3 Å². The summed E-state index contributed by atoms with van der Waals surface area (Å²) in [6.45, 7) is 0. The second-order valence-electron chi connectivity index (χ2n) is 1.82. The van der Waals surface area contributed by atoms with Crippen LogP contribution in [0.3, 0.4) is 0 Å². The van der Waals surface area contributed by atoms with Crippen LogP contribution in [0, 0.1) is 0 Å². The molecular weight excluding hydrogens is 106 g/mol. The highest BCUT2D eigenvalue weighted by molar-refractivity contribution is 4.91. The Bertz CT molecular complexity index is 90.6. The van der Waals surface area contributed by atoms with Crippen molar-refractivity contribution in [1.29, 1.82) is 0 Å². The molecule has 0 bridgehead atoms. The van der Waals surface area contributed by atoms with Crippen molar-refractivity contribution in [3.05, 3.63) is 12.3 Å². The minimum absolute atomic E-state index is 0.536. The molecule has 46 valence electrons. The molecule has 2 atom stereocenters. The van der Waals surface area contributed by atoms with Crippen LogP contribution < -0.4 is 5.32 Å². The summed E-state index contributed by atoms with van der Waals surface area (Å²) in [4.78, 5) is 0. The Hall–Kier alpha value is -0.540. The van der Waals surface area contributed by atoms with Crippen LogP contribution in [0.1, 0.15) is 6.42 Å². The first-order valence-corrected chi connectivity index (χ1v) is 2.58. The van der Waals surface area contributed by atoms with Crippen molar-refractivity contribution < 1.29 is 10.2 Å². The first kappa shape index (κ1) is 5.59. The van der Waals surface area contributed by atoms with Gasteiger partial charge in [-0.2, -0.15) is 0 Å². The molecule has 0 aliphatic carbocycles. The highest BCUT2D eigenvalue weighted by atomic mass is 16.3. The maximum absolute atomic E-state index is 8.81. The average Bonchev–Trinajstić information content (AvgIpc) is 1.77. The van der Waals surface area contributed by atoms with E-state index < -0.39 is 12.3 Å². The van der Waals surface area contributed by atoms with Crippen LogP contribution in [-0.2, 0) is 0 Å². The standard InChI is InChI=1S/C5H9NO2/c7-4-2-1-3-6-5(4)8/h1,3-8H,2H2. The van der Waals surface area contributed by atoms with Gasteiger partial charge in [0.1, 0.15) is 6.10 Å². The van der Waals surface area contributed by atoms with E-state index in [9.17, 15) is 0 Å². The van der Waals surface area contributed by atoms with Gasteiger partial charge in [-0.3, -0.25) is 0 Å². The topological polar surface area (TPSA) is 52.5 Å². The van der Waals surface area contributed by atoms with Crippen molar-refractivity contribution in [3.63, 3.8) is 0 Å². The van der Waals surface area contributed by atoms with Gasteiger partial charge in [0.25, 0.3) is 0 Å². The molecule has 1 rings (SSSR count). The fraction of sp³-hybridized carbons (Fsp3) is 0.600. The summed E-state index contributed by atoms with van der Waals surface area (Å²) < 4.78 is 0. The van der Waals surface area contributed by atoms with Crippen molar-refractivity contribution in [1.82, 2.24) is 5.32 Å². The fourth-order valence-electron chi connectivity index (χ4n) is 0.614. The van der Waals surface area contributed by atoms with E-state index in [0.29, 0.717) is 6.42 Å². The normalized spacial score (nSPS) is 36.8. The summed E-state index contributed by atoms with van der Waals surface area (Å²) in [5, 5.41) is 20.1. The number of hydrogen-bond acceptors (Lipinski definition) is 3. The Balaban J connectivity index is 2.44. The summed E-state index contributed by atoms with van der Waals surface area (Å²) >= 11 is 0. The smallest absolute Gasteiger partial charge is 0.150 e. The van der Waals surface area contributed by atoms with E-state index in [1.165, 1.54) is 0 Å². The third-order valence-electron chi connectivity index (χ3n) is 1.13. The molecule has 2 unspecified atom stereocenters. The highest BCUT2D eigenvalue weighted by Gasteiger charge is 2.14. The largest absolute Gasteiger partial charge is 0.388 e. The summed E-state index contributed by atoms with van der Waals surface area (Å²) in [6, 6.07) is 0. The monoisotopic (exact) mass is 115 g/mol. The number of nitrogens with one attached hydrogen (secondary N) is 1. The van der Waals surface area contributed by atoms with Crippen LogP contribution in [0.15, 0.2) is 12.3 Å². The van der Waals surface area contributed by atoms with E-state index in [-0.39, 0.29) is 0 Å². The molecule has 3 nitrogen and oxygen atoms in total. The van der Waals surface area contributed by atoms with Gasteiger partial charge in [-0.1, -0.05) is 6.08 Å². The lowest BCUT2D eigenvalue weighted by atomic mass is 10.2. The van der Waals surface area contributed by atoms with E-state index >= 15 is 0 Å². The van der Waals surface area contributed by atoms with E-state index in [2.05, 4.69) is 5.32 Å². The predicted molar refractivity (Wildman–Crippen MR) is 28.9 cm³/mol. The van der Waals surface area contributed by atoms with Gasteiger partial charge in [0, 0.05) is 0 Å². The summed E-state index contributed by atoms with van der Waals surface area (Å²) in [7, 11) is 0. The van der Waals surface area contributed by atoms with Crippen LogP contribution in [0.25, 0.3) is 0 Å². The summed E-state index contributed by atoms with van der Waals surface area (Å²) in [5.41, 5.74) is 0. The first-order valence-electron chi connectivity index (χ1n) is 2.58. The quantitative estimate of drug-likeness (QED) is 0.386. The van der Waals surface area contributed by atoms with Crippen LogP contribution in [0.4, 0.5) is 0 Å². The second kappa shape index (κ2) is 2.15. The minimum atomic E-state index is -0.778. The van der Waals surface area contributed by atoms with E-state index in [1.807, 2.05) is 0 Å². The first-order chi connectivity index (χ1) is 3.80. The molecule has 1 aliphatic rings. The Morgan fingerprint density at radius 1 is 1.50 bits per heavy atom. The second-order valence-corrected chi connectivity index (χ2v) is 1.82. The van der Waals surface area contributed by atoms with Gasteiger partial charge in [-0.05, 0) is 12.6 Å². The zero-order valence-corrected chi connectivity index (χ0v) is 4.41. The summed E-state index contributed by atoms with van der Waals surface area (Å²) in [5.74, 6) is 0. The van der Waals surface area contributed by atoms with Gasteiger partial charge >= 0.3 is 0 Å². The molecule has 3 N–H and O–H groups in total. The van der Waals surface area contributed by atoms with E-state index in [4.69, 9.17) is 10.2 Å². The SMILES string of the molecule is OC1CC=CNC1O. The maximum atomic E-state index is 8.81.